The lowest BCUT2D eigenvalue weighted by atomic mass is 10.1. The van der Waals surface area contributed by atoms with Crippen LogP contribution in [0.1, 0.15) is 31.7 Å². The molecule has 1 aromatic carbocycles. The van der Waals surface area contributed by atoms with Crippen LogP contribution in [0.15, 0.2) is 45.7 Å². The predicted molar refractivity (Wildman–Crippen MR) is 68.8 cm³/mol. The number of sulfonamides is 1. The molecule has 0 saturated heterocycles. The first-order valence-corrected chi connectivity index (χ1v) is 7.17. The summed E-state index contributed by atoms with van der Waals surface area (Å²) in [5.41, 5.74) is 1.39. The van der Waals surface area contributed by atoms with Crippen LogP contribution in [0.25, 0.3) is 0 Å². The highest BCUT2D eigenvalue weighted by Crippen LogP contribution is 2.27. The molecule has 0 bridgehead atoms. The maximum absolute atomic E-state index is 11.7. The lowest BCUT2D eigenvalue weighted by Crippen LogP contribution is -1.95. The SMILES string of the molecule is CCCC=CCC1=NS(=O)(=O)c2ccccc21. The number of nitrogens with zero attached hydrogens (tertiary/aromatic N) is 1. The van der Waals surface area contributed by atoms with E-state index in [1.165, 1.54) is 0 Å². The summed E-state index contributed by atoms with van der Waals surface area (Å²) in [6.45, 7) is 2.11. The molecule has 0 amide bonds. The van der Waals surface area contributed by atoms with Gasteiger partial charge in [-0.25, -0.2) is 0 Å². The first-order valence-electron chi connectivity index (χ1n) is 5.73. The summed E-state index contributed by atoms with van der Waals surface area (Å²) in [6, 6.07) is 6.98. The summed E-state index contributed by atoms with van der Waals surface area (Å²) in [4.78, 5) is 0.332. The molecule has 0 spiro atoms. The minimum Gasteiger partial charge on any atom is -0.199 e. The smallest absolute Gasteiger partial charge is 0.199 e. The third-order valence-electron chi connectivity index (χ3n) is 2.64. The lowest BCUT2D eigenvalue weighted by molar-refractivity contribution is 0.599. The van der Waals surface area contributed by atoms with E-state index in [4.69, 9.17) is 0 Å². The Kier molecular flexibility index (Phi) is 3.43. The molecule has 1 heterocycles. The van der Waals surface area contributed by atoms with Crippen molar-refractivity contribution in [3.8, 4) is 0 Å². The van der Waals surface area contributed by atoms with Crippen LogP contribution >= 0.6 is 0 Å². The Morgan fingerprint density at radius 2 is 2.00 bits per heavy atom. The lowest BCUT2D eigenvalue weighted by Gasteiger charge is -1.97. The number of benzene rings is 1. The number of unbranched alkanes of at least 4 members (excludes halogenated alkanes) is 1. The summed E-state index contributed by atoms with van der Waals surface area (Å²) < 4.78 is 27.3. The van der Waals surface area contributed by atoms with Gasteiger partial charge in [0, 0.05) is 12.0 Å². The third kappa shape index (κ3) is 2.47. The van der Waals surface area contributed by atoms with Crippen molar-refractivity contribution >= 4 is 15.7 Å². The summed E-state index contributed by atoms with van der Waals surface area (Å²) in [7, 11) is -3.44. The Hall–Kier alpha value is -1.42. The van der Waals surface area contributed by atoms with E-state index < -0.39 is 10.0 Å². The van der Waals surface area contributed by atoms with E-state index in [-0.39, 0.29) is 0 Å². The number of rotatable bonds is 4. The molecule has 1 aromatic rings. The van der Waals surface area contributed by atoms with Gasteiger partial charge in [0.15, 0.2) is 0 Å². The van der Waals surface area contributed by atoms with Crippen LogP contribution in [0.4, 0.5) is 0 Å². The van der Waals surface area contributed by atoms with E-state index in [1.807, 2.05) is 18.2 Å². The van der Waals surface area contributed by atoms with Crippen molar-refractivity contribution in [2.24, 2.45) is 4.40 Å². The van der Waals surface area contributed by atoms with E-state index in [1.54, 1.807) is 12.1 Å². The Labute approximate surface area is 102 Å². The third-order valence-corrected chi connectivity index (χ3v) is 4.01. The van der Waals surface area contributed by atoms with Gasteiger partial charge in [-0.1, -0.05) is 43.7 Å². The maximum atomic E-state index is 11.7. The van der Waals surface area contributed by atoms with Gasteiger partial charge in [-0.2, -0.15) is 12.8 Å². The number of fused-ring (bicyclic) bond motifs is 1. The molecule has 0 atom stereocenters. The van der Waals surface area contributed by atoms with Crippen LogP contribution in [0.2, 0.25) is 0 Å². The summed E-state index contributed by atoms with van der Waals surface area (Å²) in [6.07, 6.45) is 6.74. The van der Waals surface area contributed by atoms with Gasteiger partial charge in [-0.3, -0.25) is 0 Å². The molecule has 0 fully saturated rings. The van der Waals surface area contributed by atoms with Gasteiger partial charge < -0.3 is 0 Å². The van der Waals surface area contributed by atoms with Crippen molar-refractivity contribution in [2.45, 2.75) is 31.1 Å². The minimum atomic E-state index is -3.44. The summed E-state index contributed by atoms with van der Waals surface area (Å²) in [5, 5.41) is 0. The highest BCUT2D eigenvalue weighted by molar-refractivity contribution is 7.90. The molecule has 1 aliphatic rings. The molecule has 0 aromatic heterocycles. The second-order valence-corrected chi connectivity index (χ2v) is 5.55. The quantitative estimate of drug-likeness (QED) is 0.770. The monoisotopic (exact) mass is 249 g/mol. The molecule has 3 nitrogen and oxygen atoms in total. The molecule has 1 aliphatic heterocycles. The Balaban J connectivity index is 2.26. The zero-order valence-corrected chi connectivity index (χ0v) is 10.6. The van der Waals surface area contributed by atoms with Crippen molar-refractivity contribution in [1.29, 1.82) is 0 Å². The molecule has 4 heteroatoms. The van der Waals surface area contributed by atoms with Gasteiger partial charge >= 0.3 is 0 Å². The largest absolute Gasteiger partial charge is 0.283 e. The van der Waals surface area contributed by atoms with E-state index in [9.17, 15) is 8.42 Å². The first kappa shape index (κ1) is 12.0. The van der Waals surface area contributed by atoms with Gasteiger partial charge in [0.05, 0.1) is 10.6 Å². The Morgan fingerprint density at radius 3 is 2.76 bits per heavy atom. The van der Waals surface area contributed by atoms with Crippen molar-refractivity contribution in [2.75, 3.05) is 0 Å². The van der Waals surface area contributed by atoms with Crippen LogP contribution in [-0.2, 0) is 10.0 Å². The van der Waals surface area contributed by atoms with Gasteiger partial charge in [-0.05, 0) is 12.5 Å². The first-order chi connectivity index (χ1) is 8.15. The number of hydrogen-bond donors (Lipinski definition) is 0. The number of hydrogen-bond acceptors (Lipinski definition) is 2. The van der Waals surface area contributed by atoms with Gasteiger partial charge in [0.2, 0.25) is 0 Å². The second-order valence-electron chi connectivity index (χ2n) is 3.97. The van der Waals surface area contributed by atoms with E-state index >= 15 is 0 Å². The minimum absolute atomic E-state index is 0.332. The number of allylic oxidation sites excluding steroid dienone is 2. The molecule has 2 rings (SSSR count). The Bertz CT molecular complexity index is 571. The predicted octanol–water partition coefficient (Wildman–Crippen LogP) is 2.92. The highest BCUT2D eigenvalue weighted by atomic mass is 32.2. The van der Waals surface area contributed by atoms with Crippen LogP contribution in [0, 0.1) is 0 Å². The van der Waals surface area contributed by atoms with Crippen molar-refractivity contribution in [3.05, 3.63) is 42.0 Å². The van der Waals surface area contributed by atoms with Gasteiger partial charge in [0.1, 0.15) is 0 Å². The summed E-state index contributed by atoms with van der Waals surface area (Å²) >= 11 is 0. The fourth-order valence-electron chi connectivity index (χ4n) is 1.80. The fraction of sp³-hybridized carbons (Fsp3) is 0.308. The van der Waals surface area contributed by atoms with Gasteiger partial charge in [-0.15, -0.1) is 0 Å². The normalized spacial score (nSPS) is 17.1. The highest BCUT2D eigenvalue weighted by Gasteiger charge is 2.26. The molecule has 0 radical (unpaired) electrons. The molecule has 17 heavy (non-hydrogen) atoms. The molecule has 0 unspecified atom stereocenters. The van der Waals surface area contributed by atoms with Crippen molar-refractivity contribution in [3.63, 3.8) is 0 Å². The maximum Gasteiger partial charge on any atom is 0.283 e. The van der Waals surface area contributed by atoms with E-state index in [0.29, 0.717) is 17.0 Å². The molecular formula is C13H15NO2S. The fourth-order valence-corrected chi connectivity index (χ4v) is 3.08. The van der Waals surface area contributed by atoms with Gasteiger partial charge in [0.25, 0.3) is 10.0 Å². The summed E-state index contributed by atoms with van der Waals surface area (Å²) in [5.74, 6) is 0. The van der Waals surface area contributed by atoms with Crippen LogP contribution in [0.3, 0.4) is 0 Å². The van der Waals surface area contributed by atoms with Crippen molar-refractivity contribution < 1.29 is 8.42 Å². The van der Waals surface area contributed by atoms with E-state index in [0.717, 1.165) is 18.4 Å². The van der Waals surface area contributed by atoms with E-state index in [2.05, 4.69) is 17.4 Å². The average molecular weight is 249 g/mol. The zero-order valence-electron chi connectivity index (χ0n) is 9.76. The van der Waals surface area contributed by atoms with Crippen LogP contribution in [-0.4, -0.2) is 14.1 Å². The van der Waals surface area contributed by atoms with Crippen LogP contribution in [0.5, 0.6) is 0 Å². The Morgan fingerprint density at radius 1 is 1.24 bits per heavy atom. The topological polar surface area (TPSA) is 46.5 Å². The molecule has 0 aliphatic carbocycles. The second kappa shape index (κ2) is 4.84. The van der Waals surface area contributed by atoms with Crippen molar-refractivity contribution in [1.82, 2.24) is 0 Å². The standard InChI is InChI=1S/C13H15NO2S/c1-2-3-4-5-9-12-11-8-6-7-10-13(11)17(15,16)14-12/h4-8,10H,2-3,9H2,1H3. The molecule has 0 saturated carbocycles. The molecule has 90 valence electrons. The zero-order chi connectivity index (χ0) is 12.3. The average Bonchev–Trinajstić information content (AvgIpc) is 2.58. The molecule has 0 N–H and O–H groups in total. The molecular weight excluding hydrogens is 234 g/mol. The van der Waals surface area contributed by atoms with Crippen LogP contribution < -0.4 is 0 Å².